The molecule has 0 unspecified atom stereocenters. The standard InChI is InChI=1S/C23H21IO3/c1-12-7-13(2)21(14(3)8-12)23(25)27-22-17-6-5-16(24)9-18(17)15(4)19-10-26-11-20(19)22/h5-9H,10-11H2,1-4H3. The highest BCUT2D eigenvalue weighted by Crippen LogP contribution is 2.41. The first-order chi connectivity index (χ1) is 12.9. The molecule has 4 rings (SSSR count). The van der Waals surface area contributed by atoms with Crippen LogP contribution in [0.25, 0.3) is 10.8 Å². The van der Waals surface area contributed by atoms with E-state index in [1.165, 1.54) is 5.56 Å². The van der Waals surface area contributed by atoms with E-state index in [4.69, 9.17) is 9.47 Å². The van der Waals surface area contributed by atoms with Gasteiger partial charge in [-0.3, -0.25) is 0 Å². The van der Waals surface area contributed by atoms with Crippen LogP contribution in [0.15, 0.2) is 30.3 Å². The fourth-order valence-corrected chi connectivity index (χ4v) is 4.57. The normalized spacial score (nSPS) is 13.1. The number of carbonyl (C=O) groups excluding carboxylic acids is 1. The Balaban J connectivity index is 1.88. The van der Waals surface area contributed by atoms with Crippen LogP contribution in [0.5, 0.6) is 5.75 Å². The molecule has 1 aliphatic heterocycles. The highest BCUT2D eigenvalue weighted by Gasteiger charge is 2.26. The van der Waals surface area contributed by atoms with Gasteiger partial charge in [-0.05, 0) is 96.1 Å². The number of halogens is 1. The zero-order valence-corrected chi connectivity index (χ0v) is 18.1. The summed E-state index contributed by atoms with van der Waals surface area (Å²) in [5.41, 5.74) is 7.02. The molecule has 0 saturated carbocycles. The summed E-state index contributed by atoms with van der Waals surface area (Å²) >= 11 is 2.31. The van der Waals surface area contributed by atoms with Gasteiger partial charge in [0.25, 0.3) is 0 Å². The second-order valence-corrected chi connectivity index (χ2v) is 8.50. The summed E-state index contributed by atoms with van der Waals surface area (Å²) < 4.78 is 12.9. The highest BCUT2D eigenvalue weighted by molar-refractivity contribution is 14.1. The molecule has 0 bridgehead atoms. The van der Waals surface area contributed by atoms with E-state index in [-0.39, 0.29) is 5.97 Å². The molecular formula is C23H21IO3. The van der Waals surface area contributed by atoms with Crippen molar-refractivity contribution >= 4 is 39.3 Å². The van der Waals surface area contributed by atoms with Crippen molar-refractivity contribution in [1.29, 1.82) is 0 Å². The predicted octanol–water partition coefficient (Wildman–Crippen LogP) is 5.93. The predicted molar refractivity (Wildman–Crippen MR) is 116 cm³/mol. The lowest BCUT2D eigenvalue weighted by Crippen LogP contribution is -2.14. The highest BCUT2D eigenvalue weighted by atomic mass is 127. The molecule has 4 heteroatoms. The molecule has 138 valence electrons. The van der Waals surface area contributed by atoms with Crippen molar-refractivity contribution < 1.29 is 14.3 Å². The zero-order chi connectivity index (χ0) is 19.3. The number of rotatable bonds is 2. The first-order valence-electron chi connectivity index (χ1n) is 8.98. The van der Waals surface area contributed by atoms with Crippen LogP contribution < -0.4 is 4.74 Å². The summed E-state index contributed by atoms with van der Waals surface area (Å²) in [5, 5.41) is 2.08. The second kappa shape index (κ2) is 6.91. The Morgan fingerprint density at radius 3 is 2.33 bits per heavy atom. The molecular weight excluding hydrogens is 451 g/mol. The number of benzene rings is 3. The van der Waals surface area contributed by atoms with Gasteiger partial charge in [0.15, 0.2) is 0 Å². The zero-order valence-electron chi connectivity index (χ0n) is 15.9. The maximum absolute atomic E-state index is 13.1. The summed E-state index contributed by atoms with van der Waals surface area (Å²) in [6.45, 7) is 9.11. The minimum Gasteiger partial charge on any atom is -0.422 e. The van der Waals surface area contributed by atoms with Crippen molar-refractivity contribution in [3.8, 4) is 5.75 Å². The lowest BCUT2D eigenvalue weighted by atomic mass is 9.95. The number of hydrogen-bond acceptors (Lipinski definition) is 3. The number of ether oxygens (including phenoxy) is 2. The Morgan fingerprint density at radius 2 is 1.63 bits per heavy atom. The fraction of sp³-hybridized carbons (Fsp3) is 0.261. The van der Waals surface area contributed by atoms with E-state index < -0.39 is 0 Å². The minimum atomic E-state index is -0.303. The van der Waals surface area contributed by atoms with Crippen molar-refractivity contribution in [2.45, 2.75) is 40.9 Å². The van der Waals surface area contributed by atoms with Gasteiger partial charge in [0.1, 0.15) is 5.75 Å². The topological polar surface area (TPSA) is 35.5 Å². The van der Waals surface area contributed by atoms with Crippen LogP contribution in [0.1, 0.15) is 43.7 Å². The van der Waals surface area contributed by atoms with Crippen LogP contribution >= 0.6 is 22.6 Å². The van der Waals surface area contributed by atoms with Gasteiger partial charge >= 0.3 is 5.97 Å². The number of esters is 1. The van der Waals surface area contributed by atoms with Crippen molar-refractivity contribution in [3.05, 3.63) is 72.8 Å². The summed E-state index contributed by atoms with van der Waals surface area (Å²) in [7, 11) is 0. The maximum atomic E-state index is 13.1. The quantitative estimate of drug-likeness (QED) is 0.264. The Labute approximate surface area is 172 Å². The molecule has 0 aliphatic carbocycles. The fourth-order valence-electron chi connectivity index (χ4n) is 4.08. The SMILES string of the molecule is Cc1cc(C)c(C(=O)Oc2c3c(c(C)c4cc(I)ccc24)COC3)c(C)c1. The van der Waals surface area contributed by atoms with Gasteiger partial charge in [0.05, 0.1) is 18.8 Å². The summed E-state index contributed by atoms with van der Waals surface area (Å²) in [4.78, 5) is 13.1. The number of fused-ring (bicyclic) bond motifs is 2. The second-order valence-electron chi connectivity index (χ2n) is 7.26. The van der Waals surface area contributed by atoms with Crippen LogP contribution in [-0.4, -0.2) is 5.97 Å². The first-order valence-corrected chi connectivity index (χ1v) is 10.1. The average molecular weight is 472 g/mol. The lowest BCUT2D eigenvalue weighted by molar-refractivity contribution is 0.0730. The largest absolute Gasteiger partial charge is 0.422 e. The van der Waals surface area contributed by atoms with Crippen LogP contribution in [0.4, 0.5) is 0 Å². The van der Waals surface area contributed by atoms with Crippen LogP contribution in [0, 0.1) is 31.3 Å². The van der Waals surface area contributed by atoms with Crippen molar-refractivity contribution in [1.82, 2.24) is 0 Å². The third kappa shape index (κ3) is 3.15. The Morgan fingerprint density at radius 1 is 0.963 bits per heavy atom. The Hall–Kier alpha value is -1.92. The molecule has 3 aromatic rings. The van der Waals surface area contributed by atoms with E-state index >= 15 is 0 Å². The molecule has 3 nitrogen and oxygen atoms in total. The lowest BCUT2D eigenvalue weighted by Gasteiger charge is -2.17. The maximum Gasteiger partial charge on any atom is 0.344 e. The third-order valence-corrected chi connectivity index (χ3v) is 5.96. The average Bonchev–Trinajstić information content (AvgIpc) is 3.07. The molecule has 1 aliphatic rings. The molecule has 0 amide bonds. The van der Waals surface area contributed by atoms with E-state index in [1.54, 1.807) is 0 Å². The molecule has 0 N–H and O–H groups in total. The van der Waals surface area contributed by atoms with Crippen LogP contribution in [-0.2, 0) is 18.0 Å². The molecule has 0 atom stereocenters. The van der Waals surface area contributed by atoms with Crippen molar-refractivity contribution in [3.63, 3.8) is 0 Å². The van der Waals surface area contributed by atoms with Gasteiger partial charge in [-0.25, -0.2) is 4.79 Å². The number of carbonyl (C=O) groups is 1. The molecule has 27 heavy (non-hydrogen) atoms. The van der Waals surface area contributed by atoms with E-state index in [0.29, 0.717) is 24.5 Å². The third-order valence-electron chi connectivity index (χ3n) is 5.29. The van der Waals surface area contributed by atoms with Crippen molar-refractivity contribution in [2.75, 3.05) is 0 Å². The number of aryl methyl sites for hydroxylation is 4. The van der Waals surface area contributed by atoms with Gasteiger partial charge in [0, 0.05) is 14.5 Å². The van der Waals surface area contributed by atoms with Gasteiger partial charge in [-0.1, -0.05) is 17.7 Å². The van der Waals surface area contributed by atoms with Gasteiger partial charge in [-0.2, -0.15) is 0 Å². The molecule has 0 saturated heterocycles. The van der Waals surface area contributed by atoms with Gasteiger partial charge < -0.3 is 9.47 Å². The molecule has 0 radical (unpaired) electrons. The summed E-state index contributed by atoms with van der Waals surface area (Å²) in [5.74, 6) is 0.340. The summed E-state index contributed by atoms with van der Waals surface area (Å²) in [6.07, 6.45) is 0. The van der Waals surface area contributed by atoms with Crippen molar-refractivity contribution in [2.24, 2.45) is 0 Å². The van der Waals surface area contributed by atoms with Crippen LogP contribution in [0.2, 0.25) is 0 Å². The monoisotopic (exact) mass is 472 g/mol. The van der Waals surface area contributed by atoms with E-state index in [9.17, 15) is 4.79 Å². The van der Waals surface area contributed by atoms with E-state index in [2.05, 4.69) is 35.6 Å². The Kier molecular flexibility index (Phi) is 4.72. The molecule has 0 spiro atoms. The van der Waals surface area contributed by atoms with E-state index in [0.717, 1.165) is 42.2 Å². The van der Waals surface area contributed by atoms with Gasteiger partial charge in [-0.15, -0.1) is 0 Å². The van der Waals surface area contributed by atoms with Gasteiger partial charge in [0.2, 0.25) is 0 Å². The molecule has 1 heterocycles. The van der Waals surface area contributed by atoms with Crippen LogP contribution in [0.3, 0.4) is 0 Å². The first kappa shape index (κ1) is 18.4. The smallest absolute Gasteiger partial charge is 0.344 e. The minimum absolute atomic E-state index is 0.303. The Bertz CT molecular complexity index is 1080. The number of hydrogen-bond donors (Lipinski definition) is 0. The molecule has 0 fully saturated rings. The van der Waals surface area contributed by atoms with E-state index in [1.807, 2.05) is 45.0 Å². The molecule has 0 aromatic heterocycles. The molecule has 3 aromatic carbocycles. The summed E-state index contributed by atoms with van der Waals surface area (Å²) in [6, 6.07) is 10.3.